The van der Waals surface area contributed by atoms with Crippen molar-refractivity contribution < 1.29 is 13.2 Å². The summed E-state index contributed by atoms with van der Waals surface area (Å²) >= 11 is 0. The molecule has 0 saturated carbocycles. The zero-order valence-electron chi connectivity index (χ0n) is 11.5. The molecule has 3 unspecified atom stereocenters. The van der Waals surface area contributed by atoms with Crippen LogP contribution in [0.4, 0.5) is 0 Å². The first kappa shape index (κ1) is 17.2. The highest BCUT2D eigenvalue weighted by Gasteiger charge is 2.36. The van der Waals surface area contributed by atoms with Gasteiger partial charge in [-0.2, -0.15) is 4.31 Å². The fourth-order valence-electron chi connectivity index (χ4n) is 2.92. The minimum atomic E-state index is -3.22. The summed E-state index contributed by atoms with van der Waals surface area (Å²) in [6, 6.07) is -0.0276. The Labute approximate surface area is 122 Å². The van der Waals surface area contributed by atoms with Crippen molar-refractivity contribution in [2.45, 2.75) is 44.8 Å². The summed E-state index contributed by atoms with van der Waals surface area (Å²) in [5, 5.41) is 0. The Balaban J connectivity index is 0.00000180. The second-order valence-corrected chi connectivity index (χ2v) is 7.51. The zero-order chi connectivity index (χ0) is 13.2. The van der Waals surface area contributed by atoms with Crippen molar-refractivity contribution in [1.29, 1.82) is 0 Å². The van der Waals surface area contributed by atoms with Gasteiger partial charge in [0.2, 0.25) is 10.0 Å². The zero-order valence-corrected chi connectivity index (χ0v) is 13.1. The molecule has 0 aromatic heterocycles. The number of rotatable bonds is 4. The van der Waals surface area contributed by atoms with Crippen LogP contribution in [0.15, 0.2) is 0 Å². The van der Waals surface area contributed by atoms with Gasteiger partial charge in [-0.05, 0) is 31.6 Å². The van der Waals surface area contributed by atoms with Crippen molar-refractivity contribution in [2.75, 3.05) is 25.4 Å². The third-order valence-corrected chi connectivity index (χ3v) is 5.96. The number of hydrogen-bond acceptors (Lipinski definition) is 4. The van der Waals surface area contributed by atoms with E-state index in [1.54, 1.807) is 4.31 Å². The highest BCUT2D eigenvalue weighted by molar-refractivity contribution is 7.89. The van der Waals surface area contributed by atoms with Crippen LogP contribution < -0.4 is 5.73 Å². The first-order chi connectivity index (χ1) is 8.53. The molecule has 0 aromatic carbocycles. The first-order valence-corrected chi connectivity index (χ1v) is 8.45. The van der Waals surface area contributed by atoms with Crippen LogP contribution in [0.3, 0.4) is 0 Å². The Morgan fingerprint density at radius 3 is 2.68 bits per heavy atom. The average molecular weight is 313 g/mol. The van der Waals surface area contributed by atoms with E-state index in [0.29, 0.717) is 25.6 Å². The number of hydrogen-bond donors (Lipinski definition) is 1. The number of halogens is 1. The lowest BCUT2D eigenvalue weighted by atomic mass is 9.94. The minimum absolute atomic E-state index is 0. The molecule has 2 aliphatic rings. The summed E-state index contributed by atoms with van der Waals surface area (Å²) in [5.74, 6) is 0.686. The predicted octanol–water partition coefficient (Wildman–Crippen LogP) is 0.976. The van der Waals surface area contributed by atoms with Crippen LogP contribution in [0.2, 0.25) is 0 Å². The Morgan fingerprint density at radius 2 is 2.11 bits per heavy atom. The Kier molecular flexibility index (Phi) is 6.53. The van der Waals surface area contributed by atoms with Crippen LogP contribution in [0.1, 0.15) is 32.6 Å². The van der Waals surface area contributed by atoms with E-state index in [0.717, 1.165) is 25.7 Å². The van der Waals surface area contributed by atoms with Gasteiger partial charge in [-0.15, -0.1) is 12.4 Å². The number of ether oxygens (including phenoxy) is 1. The second kappa shape index (κ2) is 7.22. The summed E-state index contributed by atoms with van der Waals surface area (Å²) in [7, 11) is -3.22. The first-order valence-electron chi connectivity index (χ1n) is 6.84. The highest BCUT2D eigenvalue weighted by Crippen LogP contribution is 2.26. The lowest BCUT2D eigenvalue weighted by Crippen LogP contribution is -2.50. The number of piperidine rings is 1. The van der Waals surface area contributed by atoms with Gasteiger partial charge in [0, 0.05) is 25.7 Å². The highest BCUT2D eigenvalue weighted by atomic mass is 35.5. The maximum absolute atomic E-state index is 12.4. The third-order valence-electron chi connectivity index (χ3n) is 3.97. The molecule has 114 valence electrons. The smallest absolute Gasteiger partial charge is 0.216 e. The van der Waals surface area contributed by atoms with E-state index in [4.69, 9.17) is 10.5 Å². The van der Waals surface area contributed by atoms with Crippen molar-refractivity contribution in [1.82, 2.24) is 4.31 Å². The number of nitrogens with zero attached hydrogens (tertiary/aromatic N) is 1. The van der Waals surface area contributed by atoms with E-state index in [2.05, 4.69) is 6.92 Å². The molecule has 2 aliphatic heterocycles. The summed E-state index contributed by atoms with van der Waals surface area (Å²) in [6.07, 6.45) is 3.52. The summed E-state index contributed by atoms with van der Waals surface area (Å²) in [5.41, 5.74) is 5.72. The van der Waals surface area contributed by atoms with Gasteiger partial charge in [-0.25, -0.2) is 8.42 Å². The topological polar surface area (TPSA) is 72.6 Å². The third kappa shape index (κ3) is 4.29. The maximum Gasteiger partial charge on any atom is 0.216 e. The van der Waals surface area contributed by atoms with Crippen LogP contribution in [0, 0.1) is 5.92 Å². The number of nitrogens with two attached hydrogens (primary N) is 1. The Hall–Kier alpha value is 0.120. The molecule has 7 heteroatoms. The van der Waals surface area contributed by atoms with Gasteiger partial charge in [-0.3, -0.25) is 0 Å². The van der Waals surface area contributed by atoms with E-state index in [-0.39, 0.29) is 30.3 Å². The largest absolute Gasteiger partial charge is 0.377 e. The molecule has 0 aliphatic carbocycles. The van der Waals surface area contributed by atoms with Crippen molar-refractivity contribution in [3.63, 3.8) is 0 Å². The van der Waals surface area contributed by atoms with Gasteiger partial charge in [0.05, 0.1) is 11.9 Å². The minimum Gasteiger partial charge on any atom is -0.377 e. The van der Waals surface area contributed by atoms with Crippen LogP contribution >= 0.6 is 12.4 Å². The van der Waals surface area contributed by atoms with Crippen molar-refractivity contribution in [3.8, 4) is 0 Å². The molecule has 2 saturated heterocycles. The van der Waals surface area contributed by atoms with Crippen molar-refractivity contribution in [3.05, 3.63) is 0 Å². The Morgan fingerprint density at radius 1 is 1.37 bits per heavy atom. The summed E-state index contributed by atoms with van der Waals surface area (Å²) in [6.45, 7) is 3.87. The van der Waals surface area contributed by atoms with Crippen LogP contribution in [0.5, 0.6) is 0 Å². The summed E-state index contributed by atoms with van der Waals surface area (Å²) < 4.78 is 31.9. The molecule has 0 radical (unpaired) electrons. The van der Waals surface area contributed by atoms with Gasteiger partial charge in [0.25, 0.3) is 0 Å². The Bertz CT molecular complexity index is 371. The van der Waals surface area contributed by atoms with Gasteiger partial charge in [0.1, 0.15) is 0 Å². The van der Waals surface area contributed by atoms with Crippen LogP contribution in [-0.2, 0) is 14.8 Å². The second-order valence-electron chi connectivity index (χ2n) is 5.54. The van der Waals surface area contributed by atoms with E-state index < -0.39 is 10.0 Å². The van der Waals surface area contributed by atoms with Gasteiger partial charge in [0.15, 0.2) is 0 Å². The molecule has 0 aromatic rings. The predicted molar refractivity (Wildman–Crippen MR) is 78.0 cm³/mol. The van der Waals surface area contributed by atoms with Gasteiger partial charge >= 0.3 is 0 Å². The molecular formula is C12H25ClN2O3S. The van der Waals surface area contributed by atoms with Crippen molar-refractivity contribution >= 4 is 22.4 Å². The van der Waals surface area contributed by atoms with E-state index in [9.17, 15) is 8.42 Å². The van der Waals surface area contributed by atoms with E-state index in [1.165, 1.54) is 0 Å². The summed E-state index contributed by atoms with van der Waals surface area (Å²) in [4.78, 5) is 0. The molecule has 5 nitrogen and oxygen atoms in total. The van der Waals surface area contributed by atoms with Gasteiger partial charge in [-0.1, -0.05) is 6.92 Å². The molecule has 2 heterocycles. The molecule has 2 fully saturated rings. The van der Waals surface area contributed by atoms with Gasteiger partial charge < -0.3 is 10.5 Å². The van der Waals surface area contributed by atoms with E-state index in [1.807, 2.05) is 0 Å². The number of sulfonamides is 1. The monoisotopic (exact) mass is 312 g/mol. The lowest BCUT2D eigenvalue weighted by molar-refractivity contribution is 0.124. The lowest BCUT2D eigenvalue weighted by Gasteiger charge is -2.37. The normalized spacial score (nSPS) is 33.1. The maximum atomic E-state index is 12.4. The van der Waals surface area contributed by atoms with Crippen LogP contribution in [0.25, 0.3) is 0 Å². The van der Waals surface area contributed by atoms with E-state index >= 15 is 0 Å². The molecule has 3 atom stereocenters. The SMILES string of the molecule is CC1CCN(S(=O)(=O)CC2CCCO2)C(CN)C1.Cl. The average Bonchev–Trinajstić information content (AvgIpc) is 2.80. The molecule has 19 heavy (non-hydrogen) atoms. The molecule has 0 bridgehead atoms. The fourth-order valence-corrected chi connectivity index (χ4v) is 4.85. The molecular weight excluding hydrogens is 288 g/mol. The molecule has 2 rings (SSSR count). The van der Waals surface area contributed by atoms with Crippen LogP contribution in [-0.4, -0.2) is 50.3 Å². The fraction of sp³-hybridized carbons (Fsp3) is 1.00. The molecule has 2 N–H and O–H groups in total. The van der Waals surface area contributed by atoms with Crippen molar-refractivity contribution in [2.24, 2.45) is 11.7 Å². The standard InChI is InChI=1S/C12H24N2O3S.ClH/c1-10-4-5-14(11(7-10)8-13)18(15,16)9-12-3-2-6-17-12;/h10-12H,2-9,13H2,1H3;1H. The molecule has 0 amide bonds. The quantitative estimate of drug-likeness (QED) is 0.840. The molecule has 0 spiro atoms.